The fourth-order valence-electron chi connectivity index (χ4n) is 2.03. The van der Waals surface area contributed by atoms with Crippen LogP contribution in [0, 0.1) is 5.82 Å². The first-order chi connectivity index (χ1) is 10.6. The fraction of sp³-hybridized carbons (Fsp3) is 0.0667. The van der Waals surface area contributed by atoms with E-state index < -0.39 is 10.6 Å². The van der Waals surface area contributed by atoms with Gasteiger partial charge in [0.1, 0.15) is 5.82 Å². The van der Waals surface area contributed by atoms with E-state index in [4.69, 9.17) is 11.6 Å². The number of aromatic nitrogens is 2. The molecule has 0 aliphatic carbocycles. The molecule has 0 saturated carbocycles. The number of nitrogens with zero attached hydrogens (tertiary/aromatic N) is 2. The van der Waals surface area contributed by atoms with Crippen LogP contribution in [0.2, 0.25) is 5.02 Å². The van der Waals surface area contributed by atoms with E-state index in [9.17, 15) is 14.0 Å². The van der Waals surface area contributed by atoms with Gasteiger partial charge < -0.3 is 0 Å². The van der Waals surface area contributed by atoms with Crippen molar-refractivity contribution >= 4 is 23.1 Å². The molecule has 1 heterocycles. The maximum Gasteiger partial charge on any atom is 0.346 e. The highest BCUT2D eigenvalue weighted by Gasteiger charge is 2.13. The van der Waals surface area contributed by atoms with E-state index in [1.165, 1.54) is 16.1 Å². The monoisotopic (exact) mass is 336 g/mol. The van der Waals surface area contributed by atoms with Crippen LogP contribution in [0.1, 0.15) is 5.56 Å². The molecule has 3 aromatic rings. The van der Waals surface area contributed by atoms with Gasteiger partial charge in [-0.25, -0.2) is 17.7 Å². The quantitative estimate of drug-likeness (QED) is 0.738. The summed E-state index contributed by atoms with van der Waals surface area (Å²) in [5, 5.41) is 0.389. The molecule has 112 valence electrons. The van der Waals surface area contributed by atoms with Gasteiger partial charge in [-0.3, -0.25) is 4.79 Å². The third-order valence-corrected chi connectivity index (χ3v) is 4.35. The number of hydrogen-bond donors (Lipinski definition) is 0. The lowest BCUT2D eigenvalue weighted by Gasteiger charge is -2.03. The van der Waals surface area contributed by atoms with Crippen LogP contribution in [0.4, 0.5) is 4.39 Å². The Morgan fingerprint density at radius 3 is 2.41 bits per heavy atom. The maximum atomic E-state index is 12.9. The van der Waals surface area contributed by atoms with Crippen molar-refractivity contribution < 1.29 is 4.39 Å². The molecule has 1 aromatic heterocycles. The van der Waals surface area contributed by atoms with Gasteiger partial charge in [0, 0.05) is 11.5 Å². The molecule has 0 saturated heterocycles. The summed E-state index contributed by atoms with van der Waals surface area (Å²) >= 11 is 6.85. The SMILES string of the molecule is O=c1sn(-c2ccccc2Cl)c(=O)n1Cc1ccc(F)cc1. The second kappa shape index (κ2) is 5.90. The minimum atomic E-state index is -0.465. The van der Waals surface area contributed by atoms with Crippen LogP contribution in [0.3, 0.4) is 0 Å². The van der Waals surface area contributed by atoms with Crippen molar-refractivity contribution in [1.29, 1.82) is 0 Å². The lowest BCUT2D eigenvalue weighted by Crippen LogP contribution is -2.28. The third kappa shape index (κ3) is 2.75. The molecule has 0 aliphatic heterocycles. The summed E-state index contributed by atoms with van der Waals surface area (Å²) in [5.74, 6) is -0.366. The van der Waals surface area contributed by atoms with Crippen molar-refractivity contribution in [3.8, 4) is 5.69 Å². The molecule has 0 unspecified atom stereocenters. The van der Waals surface area contributed by atoms with Crippen molar-refractivity contribution in [1.82, 2.24) is 8.52 Å². The summed E-state index contributed by atoms with van der Waals surface area (Å²) in [4.78, 5) is 24.1. The molecular weight excluding hydrogens is 327 g/mol. The van der Waals surface area contributed by atoms with Crippen LogP contribution in [-0.4, -0.2) is 8.52 Å². The van der Waals surface area contributed by atoms with Gasteiger partial charge in [0.15, 0.2) is 0 Å². The Morgan fingerprint density at radius 2 is 1.73 bits per heavy atom. The van der Waals surface area contributed by atoms with Crippen LogP contribution >= 0.6 is 23.1 Å². The molecule has 22 heavy (non-hydrogen) atoms. The first-order valence-corrected chi connectivity index (χ1v) is 7.54. The van der Waals surface area contributed by atoms with Gasteiger partial charge >= 0.3 is 10.6 Å². The molecule has 4 nitrogen and oxygen atoms in total. The molecule has 0 bridgehead atoms. The van der Waals surface area contributed by atoms with Gasteiger partial charge in [-0.1, -0.05) is 35.9 Å². The largest absolute Gasteiger partial charge is 0.346 e. The summed E-state index contributed by atoms with van der Waals surface area (Å²) in [7, 11) is 0. The van der Waals surface area contributed by atoms with Crippen molar-refractivity contribution in [2.75, 3.05) is 0 Å². The number of rotatable bonds is 3. The highest BCUT2D eigenvalue weighted by molar-refractivity contribution is 7.03. The normalized spacial score (nSPS) is 10.8. The van der Waals surface area contributed by atoms with Crippen molar-refractivity contribution in [3.05, 3.63) is 85.1 Å². The second-order valence-corrected chi connectivity index (χ2v) is 5.90. The Bertz CT molecular complexity index is 928. The first-order valence-electron chi connectivity index (χ1n) is 6.39. The van der Waals surface area contributed by atoms with E-state index in [0.717, 1.165) is 16.1 Å². The molecular formula is C15H10ClFN2O2S. The zero-order valence-electron chi connectivity index (χ0n) is 11.2. The Hall–Kier alpha value is -2.18. The average Bonchev–Trinajstić information content (AvgIpc) is 2.78. The smallest absolute Gasteiger partial charge is 0.255 e. The van der Waals surface area contributed by atoms with Crippen LogP contribution in [0.25, 0.3) is 5.69 Å². The van der Waals surface area contributed by atoms with Crippen molar-refractivity contribution in [2.45, 2.75) is 6.54 Å². The zero-order chi connectivity index (χ0) is 15.7. The van der Waals surface area contributed by atoms with Crippen LogP contribution in [-0.2, 0) is 6.54 Å². The van der Waals surface area contributed by atoms with Gasteiger partial charge in [-0.2, -0.15) is 0 Å². The minimum Gasteiger partial charge on any atom is -0.255 e. The van der Waals surface area contributed by atoms with E-state index in [1.54, 1.807) is 36.4 Å². The lowest BCUT2D eigenvalue weighted by atomic mass is 10.2. The molecule has 2 aromatic carbocycles. The van der Waals surface area contributed by atoms with Crippen molar-refractivity contribution in [2.24, 2.45) is 0 Å². The zero-order valence-corrected chi connectivity index (χ0v) is 12.8. The van der Waals surface area contributed by atoms with Gasteiger partial charge in [0.25, 0.3) is 0 Å². The van der Waals surface area contributed by atoms with E-state index in [-0.39, 0.29) is 12.4 Å². The molecule has 0 fully saturated rings. The second-order valence-electron chi connectivity index (χ2n) is 4.60. The number of benzene rings is 2. The maximum absolute atomic E-state index is 12.9. The molecule has 0 spiro atoms. The predicted molar refractivity (Wildman–Crippen MR) is 84.7 cm³/mol. The van der Waals surface area contributed by atoms with Gasteiger partial charge in [-0.15, -0.1) is 0 Å². The Kier molecular flexibility index (Phi) is 3.96. The summed E-state index contributed by atoms with van der Waals surface area (Å²) in [5.41, 5.74) is 0.672. The molecule has 0 atom stereocenters. The number of para-hydroxylation sites is 1. The van der Waals surface area contributed by atoms with Crippen LogP contribution < -0.4 is 10.6 Å². The Balaban J connectivity index is 2.04. The molecule has 7 heteroatoms. The van der Waals surface area contributed by atoms with Crippen molar-refractivity contribution in [3.63, 3.8) is 0 Å². The van der Waals surface area contributed by atoms with E-state index in [0.29, 0.717) is 16.3 Å². The lowest BCUT2D eigenvalue weighted by molar-refractivity contribution is 0.625. The number of hydrogen-bond acceptors (Lipinski definition) is 3. The van der Waals surface area contributed by atoms with Crippen LogP contribution in [0.5, 0.6) is 0 Å². The first kappa shape index (κ1) is 14.7. The average molecular weight is 337 g/mol. The molecule has 0 aliphatic rings. The fourth-order valence-corrected chi connectivity index (χ4v) is 3.13. The third-order valence-electron chi connectivity index (χ3n) is 3.12. The molecule has 0 N–H and O–H groups in total. The van der Waals surface area contributed by atoms with Crippen LogP contribution in [0.15, 0.2) is 58.1 Å². The summed E-state index contributed by atoms with van der Waals surface area (Å²) in [6.07, 6.45) is 0. The van der Waals surface area contributed by atoms with Gasteiger partial charge in [0.2, 0.25) is 0 Å². The summed E-state index contributed by atoms with van der Waals surface area (Å²) < 4.78 is 15.3. The Labute approximate surface area is 133 Å². The Morgan fingerprint density at radius 1 is 1.05 bits per heavy atom. The number of halogens is 2. The highest BCUT2D eigenvalue weighted by atomic mass is 35.5. The molecule has 0 radical (unpaired) electrons. The topological polar surface area (TPSA) is 44.0 Å². The summed E-state index contributed by atoms with van der Waals surface area (Å²) in [6, 6.07) is 12.5. The van der Waals surface area contributed by atoms with E-state index >= 15 is 0 Å². The van der Waals surface area contributed by atoms with Gasteiger partial charge in [-0.05, 0) is 29.8 Å². The summed E-state index contributed by atoms with van der Waals surface area (Å²) in [6.45, 7) is 0.0892. The minimum absolute atomic E-state index is 0.0892. The predicted octanol–water partition coefficient (Wildman–Crippen LogP) is 2.90. The van der Waals surface area contributed by atoms with E-state index in [2.05, 4.69) is 0 Å². The molecule has 0 amide bonds. The highest BCUT2D eigenvalue weighted by Crippen LogP contribution is 2.18. The molecule has 3 rings (SSSR count). The standard InChI is InChI=1S/C15H10ClFN2O2S/c16-12-3-1-2-4-13(12)19-14(20)18(15(21)22-19)9-10-5-7-11(17)8-6-10/h1-8H,9H2. The van der Waals surface area contributed by atoms with Gasteiger partial charge in [0.05, 0.1) is 17.3 Å². The van der Waals surface area contributed by atoms with E-state index in [1.807, 2.05) is 0 Å².